The molecule has 0 saturated heterocycles. The molecule has 1 heterocycles. The second kappa shape index (κ2) is 12.0. The smallest absolute Gasteiger partial charge is 0.178 e. The van der Waals surface area contributed by atoms with Crippen molar-refractivity contribution in [3.63, 3.8) is 0 Å². The minimum atomic E-state index is -0.869. The molecule has 262 valence electrons. The van der Waals surface area contributed by atoms with Crippen molar-refractivity contribution in [3.05, 3.63) is 192 Å². The van der Waals surface area contributed by atoms with Gasteiger partial charge in [0, 0.05) is 44.6 Å². The SMILES string of the molecule is COc1ccc(C2(c3ccc(N(c4ccccc4)c4ccccc4)cc3)C=Cc3c4c(c5ccccc5c3O2)-c2ccccc2C42CC3CCC2C3)cc1. The highest BCUT2D eigenvalue weighted by Gasteiger charge is 2.58. The number of nitrogens with zero attached hydrogens (tertiary/aromatic N) is 1. The molecule has 2 saturated carbocycles. The number of hydrogen-bond acceptors (Lipinski definition) is 3. The molecular weight excluding hydrogens is 659 g/mol. The number of benzene rings is 7. The van der Waals surface area contributed by atoms with Gasteiger partial charge in [0.15, 0.2) is 5.60 Å². The van der Waals surface area contributed by atoms with Crippen molar-refractivity contribution in [1.82, 2.24) is 0 Å². The summed E-state index contributed by atoms with van der Waals surface area (Å²) in [5.74, 6) is 3.25. The van der Waals surface area contributed by atoms with Gasteiger partial charge in [-0.15, -0.1) is 0 Å². The maximum absolute atomic E-state index is 7.71. The Balaban J connectivity index is 1.12. The number of anilines is 3. The summed E-state index contributed by atoms with van der Waals surface area (Å²) in [4.78, 5) is 2.31. The Kier molecular flexibility index (Phi) is 6.98. The zero-order valence-corrected chi connectivity index (χ0v) is 30.4. The van der Waals surface area contributed by atoms with Crippen LogP contribution in [0.1, 0.15) is 53.5 Å². The Labute approximate surface area is 317 Å². The van der Waals surface area contributed by atoms with E-state index in [0.717, 1.165) is 45.6 Å². The van der Waals surface area contributed by atoms with Crippen molar-refractivity contribution in [2.45, 2.75) is 36.7 Å². The third-order valence-electron chi connectivity index (χ3n) is 13.0. The van der Waals surface area contributed by atoms with Gasteiger partial charge in [-0.2, -0.15) is 0 Å². The number of fused-ring (bicyclic) bond motifs is 13. The summed E-state index contributed by atoms with van der Waals surface area (Å²) >= 11 is 0. The highest BCUT2D eigenvalue weighted by atomic mass is 16.5. The van der Waals surface area contributed by atoms with E-state index in [1.807, 2.05) is 12.1 Å². The van der Waals surface area contributed by atoms with Crippen LogP contribution in [0.15, 0.2) is 164 Å². The first-order chi connectivity index (χ1) is 26.7. The summed E-state index contributed by atoms with van der Waals surface area (Å²) in [5.41, 5.74) is 11.7. The molecule has 2 bridgehead atoms. The standard InChI is InChI=1S/C51H41NO2/c1-53-41-28-24-36(25-29-41)51(35-22-26-40(27-23-35)52(38-12-4-2-5-13-38)39-14-6-3-7-15-39)31-30-45-48-47(42-16-8-9-17-43(42)49(45)54-51)44-18-10-11-19-46(44)50(48)33-34-20-21-37(50)32-34/h2-19,22-31,34,37H,20-21,32-33H2,1H3. The lowest BCUT2D eigenvalue weighted by Crippen LogP contribution is -2.36. The molecule has 3 aliphatic carbocycles. The van der Waals surface area contributed by atoms with Crippen molar-refractivity contribution in [2.24, 2.45) is 11.8 Å². The molecule has 4 aliphatic rings. The second-order valence-corrected chi connectivity index (χ2v) is 15.6. The molecular formula is C51H41NO2. The molecule has 4 atom stereocenters. The van der Waals surface area contributed by atoms with E-state index in [4.69, 9.17) is 9.47 Å². The van der Waals surface area contributed by atoms with Gasteiger partial charge in [0.2, 0.25) is 0 Å². The first kappa shape index (κ1) is 31.5. The van der Waals surface area contributed by atoms with E-state index in [2.05, 4.69) is 163 Å². The monoisotopic (exact) mass is 699 g/mol. The van der Waals surface area contributed by atoms with Crippen LogP contribution >= 0.6 is 0 Å². The number of methoxy groups -OCH3 is 1. The second-order valence-electron chi connectivity index (χ2n) is 15.6. The minimum absolute atomic E-state index is 0.0246. The lowest BCUT2D eigenvalue weighted by atomic mass is 9.65. The largest absolute Gasteiger partial charge is 0.497 e. The van der Waals surface area contributed by atoms with Crippen LogP contribution in [0, 0.1) is 11.8 Å². The van der Waals surface area contributed by atoms with Gasteiger partial charge < -0.3 is 14.4 Å². The molecule has 3 heteroatoms. The normalized spacial score (nSPS) is 22.8. The quantitative estimate of drug-likeness (QED) is 0.172. The fraction of sp³-hybridized carbons (Fsp3) is 0.176. The molecule has 1 aliphatic heterocycles. The molecule has 7 aromatic carbocycles. The van der Waals surface area contributed by atoms with Crippen LogP contribution in [-0.2, 0) is 11.0 Å². The summed E-state index contributed by atoms with van der Waals surface area (Å²) in [6.07, 6.45) is 9.96. The van der Waals surface area contributed by atoms with E-state index >= 15 is 0 Å². The molecule has 0 N–H and O–H groups in total. The van der Waals surface area contributed by atoms with Crippen molar-refractivity contribution in [3.8, 4) is 22.6 Å². The van der Waals surface area contributed by atoms with E-state index in [1.165, 1.54) is 64.3 Å². The topological polar surface area (TPSA) is 21.7 Å². The fourth-order valence-corrected chi connectivity index (χ4v) is 10.8. The minimum Gasteiger partial charge on any atom is -0.497 e. The zero-order chi connectivity index (χ0) is 35.9. The van der Waals surface area contributed by atoms with Gasteiger partial charge in [-0.25, -0.2) is 0 Å². The maximum Gasteiger partial charge on any atom is 0.178 e. The fourth-order valence-electron chi connectivity index (χ4n) is 10.8. The molecule has 0 amide bonds. The van der Waals surface area contributed by atoms with Crippen LogP contribution in [0.5, 0.6) is 11.5 Å². The van der Waals surface area contributed by atoms with Crippen molar-refractivity contribution < 1.29 is 9.47 Å². The van der Waals surface area contributed by atoms with E-state index in [9.17, 15) is 0 Å². The van der Waals surface area contributed by atoms with E-state index in [1.54, 1.807) is 7.11 Å². The Morgan fingerprint density at radius 3 is 1.89 bits per heavy atom. The molecule has 2 fully saturated rings. The lowest BCUT2D eigenvalue weighted by molar-refractivity contribution is 0.163. The Hall–Kier alpha value is -6.06. The molecule has 1 spiro atoms. The predicted octanol–water partition coefficient (Wildman–Crippen LogP) is 12.8. The summed E-state index contributed by atoms with van der Waals surface area (Å²) < 4.78 is 13.3. The lowest BCUT2D eigenvalue weighted by Gasteiger charge is -2.41. The summed E-state index contributed by atoms with van der Waals surface area (Å²) in [6.45, 7) is 0. The highest BCUT2D eigenvalue weighted by Crippen LogP contribution is 2.68. The van der Waals surface area contributed by atoms with Crippen molar-refractivity contribution in [1.29, 1.82) is 0 Å². The van der Waals surface area contributed by atoms with Crippen molar-refractivity contribution >= 4 is 33.9 Å². The van der Waals surface area contributed by atoms with Crippen molar-refractivity contribution in [2.75, 3.05) is 12.0 Å². The molecule has 0 radical (unpaired) electrons. The van der Waals surface area contributed by atoms with Gasteiger partial charge in [-0.3, -0.25) is 0 Å². The van der Waals surface area contributed by atoms with Gasteiger partial charge in [0.1, 0.15) is 11.5 Å². The molecule has 54 heavy (non-hydrogen) atoms. The van der Waals surface area contributed by atoms with Crippen LogP contribution < -0.4 is 14.4 Å². The average molecular weight is 700 g/mol. The third-order valence-corrected chi connectivity index (χ3v) is 13.0. The van der Waals surface area contributed by atoms with Gasteiger partial charge >= 0.3 is 0 Å². The van der Waals surface area contributed by atoms with Crippen LogP contribution in [0.3, 0.4) is 0 Å². The summed E-state index contributed by atoms with van der Waals surface area (Å²) in [6, 6.07) is 56.8. The number of para-hydroxylation sites is 2. The summed E-state index contributed by atoms with van der Waals surface area (Å²) in [7, 11) is 1.72. The van der Waals surface area contributed by atoms with Gasteiger partial charge in [-0.05, 0) is 113 Å². The highest BCUT2D eigenvalue weighted by molar-refractivity contribution is 6.08. The van der Waals surface area contributed by atoms with Crippen LogP contribution in [0.2, 0.25) is 0 Å². The number of ether oxygens (including phenoxy) is 2. The Bertz CT molecular complexity index is 2540. The van der Waals surface area contributed by atoms with Crippen LogP contribution in [0.4, 0.5) is 17.1 Å². The number of hydrogen-bond donors (Lipinski definition) is 0. The molecule has 7 aromatic rings. The molecule has 4 unspecified atom stereocenters. The predicted molar refractivity (Wildman–Crippen MR) is 220 cm³/mol. The molecule has 3 nitrogen and oxygen atoms in total. The Morgan fingerprint density at radius 1 is 0.630 bits per heavy atom. The first-order valence-electron chi connectivity index (χ1n) is 19.4. The number of rotatable bonds is 6. The van der Waals surface area contributed by atoms with Crippen LogP contribution in [0.25, 0.3) is 28.0 Å². The zero-order valence-electron chi connectivity index (χ0n) is 30.4. The van der Waals surface area contributed by atoms with E-state index in [0.29, 0.717) is 5.92 Å². The third kappa shape index (κ3) is 4.42. The maximum atomic E-state index is 7.71. The van der Waals surface area contributed by atoms with Gasteiger partial charge in [-0.1, -0.05) is 122 Å². The first-order valence-corrected chi connectivity index (χ1v) is 19.4. The van der Waals surface area contributed by atoms with Gasteiger partial charge in [0.25, 0.3) is 0 Å². The average Bonchev–Trinajstić information content (AvgIpc) is 3.95. The van der Waals surface area contributed by atoms with Gasteiger partial charge in [0.05, 0.1) is 7.11 Å². The van der Waals surface area contributed by atoms with Crippen LogP contribution in [-0.4, -0.2) is 7.11 Å². The van der Waals surface area contributed by atoms with E-state index in [-0.39, 0.29) is 5.41 Å². The van der Waals surface area contributed by atoms with E-state index < -0.39 is 5.60 Å². The molecule has 0 aromatic heterocycles. The Morgan fingerprint density at radius 2 is 1.24 bits per heavy atom. The molecule has 11 rings (SSSR count). The summed E-state index contributed by atoms with van der Waals surface area (Å²) in [5, 5.41) is 2.45.